The van der Waals surface area contributed by atoms with Crippen LogP contribution in [0.5, 0.6) is 11.5 Å². The lowest BCUT2D eigenvalue weighted by molar-refractivity contribution is -0.131. The van der Waals surface area contributed by atoms with Gasteiger partial charge in [-0.1, -0.05) is 12.1 Å². The summed E-state index contributed by atoms with van der Waals surface area (Å²) in [6, 6.07) is 12.0. The second kappa shape index (κ2) is 9.93. The molecule has 2 aromatic rings. The number of carboxylic acids is 1. The molecule has 0 bridgehead atoms. The lowest BCUT2D eigenvalue weighted by atomic mass is 10.1. The predicted octanol–water partition coefficient (Wildman–Crippen LogP) is 4.30. The van der Waals surface area contributed by atoms with E-state index in [0.29, 0.717) is 42.1 Å². The van der Waals surface area contributed by atoms with E-state index in [1.165, 1.54) is 6.08 Å². The van der Waals surface area contributed by atoms with Gasteiger partial charge in [-0.3, -0.25) is 0 Å². The van der Waals surface area contributed by atoms with Crippen LogP contribution in [0.1, 0.15) is 39.9 Å². The van der Waals surface area contributed by atoms with E-state index in [9.17, 15) is 9.59 Å². The van der Waals surface area contributed by atoms with Gasteiger partial charge in [0.1, 0.15) is 11.5 Å². The smallest absolute Gasteiger partial charge is 0.343 e. The number of nitrogens with zero attached hydrogens (tertiary/aromatic N) is 1. The summed E-state index contributed by atoms with van der Waals surface area (Å²) >= 11 is 0. The molecule has 0 atom stereocenters. The second-order valence-corrected chi connectivity index (χ2v) is 6.18. The third-order valence-electron chi connectivity index (χ3n) is 3.88. The van der Waals surface area contributed by atoms with Gasteiger partial charge in [-0.05, 0) is 67.3 Å². The highest BCUT2D eigenvalue weighted by molar-refractivity contribution is 5.92. The molecule has 1 N–H and O–H groups in total. The number of aryl methyl sites for hydroxylation is 2. The molecule has 0 aliphatic carbocycles. The van der Waals surface area contributed by atoms with Crippen LogP contribution in [0.4, 0.5) is 0 Å². The highest BCUT2D eigenvalue weighted by Crippen LogP contribution is 2.26. The third-order valence-corrected chi connectivity index (χ3v) is 3.88. The van der Waals surface area contributed by atoms with Crippen molar-refractivity contribution in [1.29, 1.82) is 5.26 Å². The summed E-state index contributed by atoms with van der Waals surface area (Å²) in [6.45, 7) is 4.15. The number of benzene rings is 2. The largest absolute Gasteiger partial charge is 0.493 e. The lowest BCUT2D eigenvalue weighted by Gasteiger charge is -2.13. The van der Waals surface area contributed by atoms with Crippen LogP contribution in [0, 0.1) is 25.2 Å². The van der Waals surface area contributed by atoms with Crippen LogP contribution < -0.4 is 9.47 Å². The molecule has 6 nitrogen and oxygen atoms in total. The fourth-order valence-electron chi connectivity index (χ4n) is 2.60. The van der Waals surface area contributed by atoms with E-state index in [-0.39, 0.29) is 0 Å². The fourth-order valence-corrected chi connectivity index (χ4v) is 2.60. The number of hydrogen-bond acceptors (Lipinski definition) is 5. The topological polar surface area (TPSA) is 96.6 Å². The summed E-state index contributed by atoms with van der Waals surface area (Å²) in [5.74, 6) is -0.441. The molecule has 0 aromatic heterocycles. The molecule has 0 unspecified atom stereocenters. The van der Waals surface area contributed by atoms with Crippen molar-refractivity contribution < 1.29 is 24.2 Å². The average molecular weight is 379 g/mol. The molecule has 2 aromatic carbocycles. The molecule has 0 amide bonds. The molecule has 0 saturated carbocycles. The van der Waals surface area contributed by atoms with Gasteiger partial charge in [0.15, 0.2) is 0 Å². The number of aliphatic carboxylic acids is 1. The van der Waals surface area contributed by atoms with Crippen LogP contribution in [-0.2, 0) is 4.79 Å². The van der Waals surface area contributed by atoms with Gasteiger partial charge in [0.2, 0.25) is 0 Å². The maximum absolute atomic E-state index is 12.4. The van der Waals surface area contributed by atoms with Crippen molar-refractivity contribution in [2.24, 2.45) is 0 Å². The van der Waals surface area contributed by atoms with Crippen LogP contribution in [-0.4, -0.2) is 23.7 Å². The minimum Gasteiger partial charge on any atom is -0.493 e. The molecule has 0 saturated heterocycles. The van der Waals surface area contributed by atoms with Crippen LogP contribution in [0.3, 0.4) is 0 Å². The Morgan fingerprint density at radius 1 is 1.14 bits per heavy atom. The van der Waals surface area contributed by atoms with Gasteiger partial charge in [0.05, 0.1) is 18.2 Å². The molecular weight excluding hydrogens is 358 g/mol. The number of nitriles is 1. The van der Waals surface area contributed by atoms with Crippen molar-refractivity contribution >= 4 is 18.0 Å². The minimum absolute atomic E-state index is 0.365. The molecule has 2 rings (SSSR count). The van der Waals surface area contributed by atoms with Crippen LogP contribution in [0.25, 0.3) is 6.08 Å². The average Bonchev–Trinajstić information content (AvgIpc) is 2.66. The van der Waals surface area contributed by atoms with E-state index in [1.54, 1.807) is 36.4 Å². The number of hydrogen-bond donors (Lipinski definition) is 1. The zero-order chi connectivity index (χ0) is 20.5. The van der Waals surface area contributed by atoms with Gasteiger partial charge in [-0.15, -0.1) is 0 Å². The van der Waals surface area contributed by atoms with E-state index >= 15 is 0 Å². The summed E-state index contributed by atoms with van der Waals surface area (Å²) in [6.07, 6.45) is 3.58. The van der Waals surface area contributed by atoms with Crippen molar-refractivity contribution in [3.63, 3.8) is 0 Å². The second-order valence-electron chi connectivity index (χ2n) is 6.18. The van der Waals surface area contributed by atoms with Gasteiger partial charge in [-0.25, -0.2) is 9.59 Å². The lowest BCUT2D eigenvalue weighted by Crippen LogP contribution is -2.10. The van der Waals surface area contributed by atoms with Crippen molar-refractivity contribution in [2.45, 2.75) is 26.7 Å². The Balaban J connectivity index is 2.06. The highest BCUT2D eigenvalue weighted by atomic mass is 16.5. The monoisotopic (exact) mass is 379 g/mol. The molecule has 0 spiro atoms. The van der Waals surface area contributed by atoms with Crippen LogP contribution >= 0.6 is 0 Å². The van der Waals surface area contributed by atoms with E-state index in [4.69, 9.17) is 19.8 Å². The van der Waals surface area contributed by atoms with E-state index in [0.717, 1.165) is 17.2 Å². The SMILES string of the molecule is Cc1cc(C(=O)Oc2ccc(/C=C/C(=O)O)cc2)cc(C)c1OCCCC#N. The van der Waals surface area contributed by atoms with E-state index < -0.39 is 11.9 Å². The minimum atomic E-state index is -1.03. The molecule has 28 heavy (non-hydrogen) atoms. The first-order chi connectivity index (χ1) is 13.4. The molecule has 6 heteroatoms. The third kappa shape index (κ3) is 5.99. The molecule has 144 valence electrons. The summed E-state index contributed by atoms with van der Waals surface area (Å²) in [5, 5.41) is 17.2. The molecule has 0 aliphatic heterocycles. The first-order valence-corrected chi connectivity index (χ1v) is 8.75. The van der Waals surface area contributed by atoms with Crippen molar-refractivity contribution in [1.82, 2.24) is 0 Å². The summed E-state index contributed by atoms with van der Waals surface area (Å²) in [5.41, 5.74) is 2.73. The predicted molar refractivity (Wildman–Crippen MR) is 104 cm³/mol. The molecule has 0 fully saturated rings. The molecular formula is C22H21NO5. The maximum Gasteiger partial charge on any atom is 0.343 e. The first-order valence-electron chi connectivity index (χ1n) is 8.75. The quantitative estimate of drug-likeness (QED) is 0.318. The van der Waals surface area contributed by atoms with E-state index in [2.05, 4.69) is 6.07 Å². The Hall–Kier alpha value is -3.59. The number of carbonyl (C=O) groups excluding carboxylic acids is 1. The molecule has 0 radical (unpaired) electrons. The number of unbranched alkanes of at least 4 members (excludes halogenated alkanes) is 1. The van der Waals surface area contributed by atoms with E-state index in [1.807, 2.05) is 13.8 Å². The standard InChI is InChI=1S/C22H21NO5/c1-15-13-18(14-16(2)21(15)27-12-4-3-11-23)22(26)28-19-8-5-17(6-9-19)7-10-20(24)25/h5-10,13-14H,3-4,12H2,1-2H3,(H,24,25)/b10-7+. The Kier molecular flexibility index (Phi) is 7.35. The van der Waals surface area contributed by atoms with Gasteiger partial charge < -0.3 is 14.6 Å². The Bertz CT molecular complexity index is 900. The summed E-state index contributed by atoms with van der Waals surface area (Å²) in [4.78, 5) is 23.0. The number of rotatable bonds is 8. The van der Waals surface area contributed by atoms with Gasteiger partial charge >= 0.3 is 11.9 Å². The van der Waals surface area contributed by atoms with Crippen molar-refractivity contribution in [3.05, 3.63) is 64.7 Å². The Labute approximate surface area is 163 Å². The number of esters is 1. The number of carboxylic acid groups (broad SMARTS) is 1. The fraction of sp³-hybridized carbons (Fsp3) is 0.227. The van der Waals surface area contributed by atoms with Gasteiger partial charge in [0.25, 0.3) is 0 Å². The first kappa shape index (κ1) is 20.7. The summed E-state index contributed by atoms with van der Waals surface area (Å²) in [7, 11) is 0. The molecule has 0 heterocycles. The van der Waals surface area contributed by atoms with Crippen molar-refractivity contribution in [2.75, 3.05) is 6.61 Å². The van der Waals surface area contributed by atoms with Gasteiger partial charge in [-0.2, -0.15) is 5.26 Å². The van der Waals surface area contributed by atoms with Gasteiger partial charge in [0, 0.05) is 12.5 Å². The Morgan fingerprint density at radius 3 is 2.36 bits per heavy atom. The normalized spacial score (nSPS) is 10.5. The van der Waals surface area contributed by atoms with Crippen LogP contribution in [0.15, 0.2) is 42.5 Å². The number of carbonyl (C=O) groups is 2. The molecule has 0 aliphatic rings. The Morgan fingerprint density at radius 2 is 1.79 bits per heavy atom. The maximum atomic E-state index is 12.4. The highest BCUT2D eigenvalue weighted by Gasteiger charge is 2.14. The number of ether oxygens (including phenoxy) is 2. The zero-order valence-corrected chi connectivity index (χ0v) is 15.8. The summed E-state index contributed by atoms with van der Waals surface area (Å²) < 4.78 is 11.1. The van der Waals surface area contributed by atoms with Crippen LogP contribution in [0.2, 0.25) is 0 Å². The van der Waals surface area contributed by atoms with Crippen molar-refractivity contribution in [3.8, 4) is 17.6 Å². The zero-order valence-electron chi connectivity index (χ0n) is 15.8.